The van der Waals surface area contributed by atoms with Gasteiger partial charge in [-0.1, -0.05) is 11.6 Å². The van der Waals surface area contributed by atoms with Crippen molar-refractivity contribution in [1.82, 2.24) is 0 Å². The fourth-order valence-corrected chi connectivity index (χ4v) is 1.54. The molecular weight excluding hydrogens is 204 g/mol. The molecule has 0 saturated heterocycles. The summed E-state index contributed by atoms with van der Waals surface area (Å²) in [6, 6.07) is 5.22. The van der Waals surface area contributed by atoms with Crippen LogP contribution in [-0.2, 0) is 11.2 Å². The minimum atomic E-state index is -0.906. The minimum absolute atomic E-state index is 0.106. The highest BCUT2D eigenvalue weighted by Gasteiger charge is 2.09. The Morgan fingerprint density at radius 2 is 2.29 bits per heavy atom. The molecule has 0 atom stereocenters. The van der Waals surface area contributed by atoms with Gasteiger partial charge < -0.3 is 9.52 Å². The van der Waals surface area contributed by atoms with E-state index in [1.54, 1.807) is 18.2 Å². The monoisotopic (exact) mass is 210 g/mol. The van der Waals surface area contributed by atoms with Crippen LogP contribution in [0.2, 0.25) is 5.02 Å². The van der Waals surface area contributed by atoms with Crippen molar-refractivity contribution in [2.45, 2.75) is 6.42 Å². The molecule has 2 aromatic rings. The summed E-state index contributed by atoms with van der Waals surface area (Å²) in [6.07, 6.45) is 1.41. The van der Waals surface area contributed by atoms with Gasteiger partial charge >= 0.3 is 5.97 Å². The molecule has 0 radical (unpaired) electrons. The average Bonchev–Trinajstić information content (AvgIpc) is 2.47. The second-order valence-electron chi connectivity index (χ2n) is 2.96. The SMILES string of the molecule is O=C(O)Cc1occ2cc(Cl)ccc12. The van der Waals surface area contributed by atoms with Crippen LogP contribution in [0.5, 0.6) is 0 Å². The molecule has 1 aromatic carbocycles. The van der Waals surface area contributed by atoms with Crippen LogP contribution in [0.15, 0.2) is 28.9 Å². The average molecular weight is 211 g/mol. The van der Waals surface area contributed by atoms with E-state index in [-0.39, 0.29) is 6.42 Å². The Balaban J connectivity index is 2.52. The maximum atomic E-state index is 10.5. The molecule has 2 rings (SSSR count). The van der Waals surface area contributed by atoms with Crippen molar-refractivity contribution in [3.63, 3.8) is 0 Å². The van der Waals surface area contributed by atoms with Crippen molar-refractivity contribution in [2.24, 2.45) is 0 Å². The summed E-state index contributed by atoms with van der Waals surface area (Å²) in [6.45, 7) is 0. The van der Waals surface area contributed by atoms with Crippen LogP contribution in [0, 0.1) is 0 Å². The van der Waals surface area contributed by atoms with E-state index in [9.17, 15) is 4.79 Å². The number of halogens is 1. The lowest BCUT2D eigenvalue weighted by Gasteiger charge is -1.93. The maximum Gasteiger partial charge on any atom is 0.311 e. The third kappa shape index (κ3) is 1.59. The zero-order valence-corrected chi connectivity index (χ0v) is 7.91. The summed E-state index contributed by atoms with van der Waals surface area (Å²) in [4.78, 5) is 10.5. The largest absolute Gasteiger partial charge is 0.481 e. The van der Waals surface area contributed by atoms with Crippen LogP contribution in [0.25, 0.3) is 10.8 Å². The van der Waals surface area contributed by atoms with Crippen LogP contribution in [0.1, 0.15) is 5.76 Å². The van der Waals surface area contributed by atoms with E-state index in [0.717, 1.165) is 10.8 Å². The Morgan fingerprint density at radius 1 is 1.50 bits per heavy atom. The van der Waals surface area contributed by atoms with Crippen molar-refractivity contribution >= 4 is 28.3 Å². The van der Waals surface area contributed by atoms with Gasteiger partial charge in [-0.2, -0.15) is 0 Å². The molecule has 4 heteroatoms. The normalized spacial score (nSPS) is 10.6. The van der Waals surface area contributed by atoms with E-state index in [0.29, 0.717) is 10.8 Å². The first-order valence-electron chi connectivity index (χ1n) is 4.04. The van der Waals surface area contributed by atoms with Crippen molar-refractivity contribution < 1.29 is 14.3 Å². The van der Waals surface area contributed by atoms with Gasteiger partial charge in [-0.15, -0.1) is 0 Å². The summed E-state index contributed by atoms with van der Waals surface area (Å²) in [5.41, 5.74) is 0. The first kappa shape index (κ1) is 9.09. The zero-order valence-electron chi connectivity index (χ0n) is 7.16. The molecule has 3 nitrogen and oxygen atoms in total. The van der Waals surface area contributed by atoms with Crippen molar-refractivity contribution in [2.75, 3.05) is 0 Å². The van der Waals surface area contributed by atoms with Gasteiger partial charge in [0.25, 0.3) is 0 Å². The smallest absolute Gasteiger partial charge is 0.311 e. The molecule has 1 N–H and O–H groups in total. The van der Waals surface area contributed by atoms with Crippen LogP contribution >= 0.6 is 11.6 Å². The molecule has 0 fully saturated rings. The van der Waals surface area contributed by atoms with Gasteiger partial charge in [0.05, 0.1) is 6.26 Å². The zero-order chi connectivity index (χ0) is 10.1. The number of hydrogen-bond donors (Lipinski definition) is 1. The van der Waals surface area contributed by atoms with Gasteiger partial charge in [-0.3, -0.25) is 4.79 Å². The highest BCUT2D eigenvalue weighted by molar-refractivity contribution is 6.31. The molecule has 0 bridgehead atoms. The lowest BCUT2D eigenvalue weighted by atomic mass is 10.1. The number of rotatable bonds is 2. The molecule has 0 unspecified atom stereocenters. The molecule has 1 aromatic heterocycles. The summed E-state index contributed by atoms with van der Waals surface area (Å²) in [7, 11) is 0. The predicted octanol–water partition coefficient (Wildman–Crippen LogP) is 2.71. The molecule has 0 aliphatic heterocycles. The molecule has 1 heterocycles. The predicted molar refractivity (Wildman–Crippen MR) is 52.6 cm³/mol. The van der Waals surface area contributed by atoms with Crippen LogP contribution in [0.4, 0.5) is 0 Å². The number of carbonyl (C=O) groups is 1. The fourth-order valence-electron chi connectivity index (χ4n) is 1.36. The fraction of sp³-hybridized carbons (Fsp3) is 0.100. The number of carboxylic acids is 1. The van der Waals surface area contributed by atoms with E-state index in [2.05, 4.69) is 0 Å². The lowest BCUT2D eigenvalue weighted by molar-refractivity contribution is -0.136. The van der Waals surface area contributed by atoms with Gasteiger partial charge in [0, 0.05) is 15.8 Å². The molecule has 72 valence electrons. The van der Waals surface area contributed by atoms with Crippen LogP contribution in [-0.4, -0.2) is 11.1 Å². The van der Waals surface area contributed by atoms with Gasteiger partial charge in [0.1, 0.15) is 12.2 Å². The number of hydrogen-bond acceptors (Lipinski definition) is 2. The van der Waals surface area contributed by atoms with Gasteiger partial charge in [-0.05, 0) is 18.2 Å². The van der Waals surface area contributed by atoms with Crippen LogP contribution < -0.4 is 0 Å². The van der Waals surface area contributed by atoms with E-state index in [1.807, 2.05) is 0 Å². The molecule has 0 spiro atoms. The molecular formula is C10H7ClO3. The first-order chi connectivity index (χ1) is 6.66. The standard InChI is InChI=1S/C10H7ClO3/c11-7-1-2-8-6(3-7)5-14-9(8)4-10(12)13/h1-3,5H,4H2,(H,12,13). The Morgan fingerprint density at radius 3 is 3.00 bits per heavy atom. The highest BCUT2D eigenvalue weighted by atomic mass is 35.5. The molecule has 0 aliphatic rings. The van der Waals surface area contributed by atoms with E-state index in [4.69, 9.17) is 21.1 Å². The van der Waals surface area contributed by atoms with Crippen molar-refractivity contribution in [1.29, 1.82) is 0 Å². The third-order valence-electron chi connectivity index (χ3n) is 1.95. The molecule has 0 aliphatic carbocycles. The second kappa shape index (κ2) is 3.35. The third-order valence-corrected chi connectivity index (χ3v) is 2.19. The maximum absolute atomic E-state index is 10.5. The van der Waals surface area contributed by atoms with Gasteiger partial charge in [-0.25, -0.2) is 0 Å². The number of furan rings is 1. The first-order valence-corrected chi connectivity index (χ1v) is 4.42. The number of benzene rings is 1. The Bertz CT molecular complexity index is 487. The number of fused-ring (bicyclic) bond motifs is 1. The minimum Gasteiger partial charge on any atom is -0.481 e. The Labute approximate surface area is 84.9 Å². The van der Waals surface area contributed by atoms with Crippen molar-refractivity contribution in [3.05, 3.63) is 35.2 Å². The number of aliphatic carboxylic acids is 1. The van der Waals surface area contributed by atoms with E-state index in [1.165, 1.54) is 6.26 Å². The Kier molecular flexibility index (Phi) is 2.17. The molecule has 14 heavy (non-hydrogen) atoms. The van der Waals surface area contributed by atoms with Crippen molar-refractivity contribution in [3.8, 4) is 0 Å². The van der Waals surface area contributed by atoms with Gasteiger partial charge in [0.2, 0.25) is 0 Å². The van der Waals surface area contributed by atoms with Crippen LogP contribution in [0.3, 0.4) is 0 Å². The highest BCUT2D eigenvalue weighted by Crippen LogP contribution is 2.24. The van der Waals surface area contributed by atoms with E-state index >= 15 is 0 Å². The van der Waals surface area contributed by atoms with E-state index < -0.39 is 5.97 Å². The Hall–Kier alpha value is -1.48. The summed E-state index contributed by atoms with van der Waals surface area (Å²) in [5, 5.41) is 10.9. The molecule has 0 amide bonds. The summed E-state index contributed by atoms with van der Waals surface area (Å²) >= 11 is 5.78. The second-order valence-corrected chi connectivity index (χ2v) is 3.40. The summed E-state index contributed by atoms with van der Waals surface area (Å²) in [5.74, 6) is -0.444. The quantitative estimate of drug-likeness (QED) is 0.829. The van der Waals surface area contributed by atoms with Gasteiger partial charge in [0.15, 0.2) is 0 Å². The lowest BCUT2D eigenvalue weighted by Crippen LogP contribution is -1.98. The molecule has 0 saturated carbocycles. The summed E-state index contributed by atoms with van der Waals surface area (Å²) < 4.78 is 5.14. The number of carboxylic acid groups (broad SMARTS) is 1. The topological polar surface area (TPSA) is 50.4 Å².